The highest BCUT2D eigenvalue weighted by molar-refractivity contribution is 5.43. The Hall–Kier alpha value is -2.07. The first-order valence-corrected chi connectivity index (χ1v) is 7.36. The summed E-state index contributed by atoms with van der Waals surface area (Å²) in [6, 6.07) is 12.3. The van der Waals surface area contributed by atoms with Gasteiger partial charge in [-0.05, 0) is 36.8 Å². The molecule has 1 aromatic carbocycles. The number of nitrogens with one attached hydrogen (secondary N) is 1. The second kappa shape index (κ2) is 6.59. The Morgan fingerprint density at radius 3 is 2.81 bits per heavy atom. The molecule has 3 rings (SSSR count). The van der Waals surface area contributed by atoms with Crippen LogP contribution in [0, 0.1) is 0 Å². The summed E-state index contributed by atoms with van der Waals surface area (Å²) >= 11 is 0. The summed E-state index contributed by atoms with van der Waals surface area (Å²) in [7, 11) is 0. The molecule has 0 aliphatic carbocycles. The maximum absolute atomic E-state index is 5.72. The molecule has 21 heavy (non-hydrogen) atoms. The summed E-state index contributed by atoms with van der Waals surface area (Å²) in [6.07, 6.45) is 2.75. The molecule has 110 valence electrons. The molecule has 1 aliphatic rings. The van der Waals surface area contributed by atoms with Crippen molar-refractivity contribution in [2.24, 2.45) is 0 Å². The number of aromatic nitrogens is 1. The van der Waals surface area contributed by atoms with Gasteiger partial charge in [0.25, 0.3) is 0 Å². The van der Waals surface area contributed by atoms with Gasteiger partial charge in [0.1, 0.15) is 0 Å². The van der Waals surface area contributed by atoms with Gasteiger partial charge in [-0.2, -0.15) is 0 Å². The number of hydrogen-bond acceptors (Lipinski definition) is 4. The van der Waals surface area contributed by atoms with Crippen molar-refractivity contribution in [3.8, 4) is 11.5 Å². The molecule has 4 nitrogen and oxygen atoms in total. The third-order valence-corrected chi connectivity index (χ3v) is 3.56. The molecule has 0 amide bonds. The quantitative estimate of drug-likeness (QED) is 0.937. The molecule has 0 radical (unpaired) electrons. The lowest BCUT2D eigenvalue weighted by atomic mass is 10.1. The van der Waals surface area contributed by atoms with Crippen molar-refractivity contribution in [1.29, 1.82) is 0 Å². The third kappa shape index (κ3) is 3.52. The highest BCUT2D eigenvalue weighted by Crippen LogP contribution is 2.30. The van der Waals surface area contributed by atoms with Crippen molar-refractivity contribution in [2.45, 2.75) is 25.9 Å². The monoisotopic (exact) mass is 284 g/mol. The van der Waals surface area contributed by atoms with Crippen LogP contribution in [0.15, 0.2) is 42.6 Å². The molecule has 2 heterocycles. The Morgan fingerprint density at radius 2 is 2.00 bits per heavy atom. The van der Waals surface area contributed by atoms with Crippen LogP contribution >= 0.6 is 0 Å². The topological polar surface area (TPSA) is 43.4 Å². The van der Waals surface area contributed by atoms with Gasteiger partial charge in [-0.15, -0.1) is 0 Å². The van der Waals surface area contributed by atoms with E-state index in [1.54, 1.807) is 0 Å². The Balaban J connectivity index is 1.64. The van der Waals surface area contributed by atoms with Crippen molar-refractivity contribution >= 4 is 0 Å². The van der Waals surface area contributed by atoms with Gasteiger partial charge in [-0.25, -0.2) is 0 Å². The Bertz CT molecular complexity index is 587. The lowest BCUT2D eigenvalue weighted by molar-refractivity contribution is 0.297. The van der Waals surface area contributed by atoms with Crippen molar-refractivity contribution < 1.29 is 9.47 Å². The normalized spacial score (nSPS) is 15.3. The Kier molecular flexibility index (Phi) is 4.36. The first kappa shape index (κ1) is 13.9. The highest BCUT2D eigenvalue weighted by Gasteiger charge is 2.11. The van der Waals surface area contributed by atoms with Crippen LogP contribution in [0.25, 0.3) is 0 Å². The zero-order valence-corrected chi connectivity index (χ0v) is 12.2. The number of ether oxygens (including phenoxy) is 2. The predicted molar refractivity (Wildman–Crippen MR) is 81.5 cm³/mol. The summed E-state index contributed by atoms with van der Waals surface area (Å²) in [5, 5.41) is 3.48. The summed E-state index contributed by atoms with van der Waals surface area (Å²) in [6.45, 7) is 4.33. The molecule has 1 N–H and O–H groups in total. The van der Waals surface area contributed by atoms with E-state index in [1.807, 2.05) is 30.5 Å². The molecule has 0 spiro atoms. The number of hydrogen-bond donors (Lipinski definition) is 1. The molecule has 4 heteroatoms. The van der Waals surface area contributed by atoms with E-state index in [1.165, 1.54) is 5.56 Å². The fourth-order valence-corrected chi connectivity index (χ4v) is 2.33. The first-order valence-electron chi connectivity index (χ1n) is 7.36. The number of nitrogens with zero attached hydrogens (tertiary/aromatic N) is 1. The number of pyridine rings is 1. The lowest BCUT2D eigenvalue weighted by Crippen LogP contribution is -2.19. The number of fused-ring (bicyclic) bond motifs is 1. The molecule has 1 aromatic heterocycles. The zero-order chi connectivity index (χ0) is 14.5. The second-order valence-corrected chi connectivity index (χ2v) is 5.19. The van der Waals surface area contributed by atoms with E-state index in [9.17, 15) is 0 Å². The number of rotatable bonds is 4. The minimum atomic E-state index is 0.210. The van der Waals surface area contributed by atoms with Crippen LogP contribution in [-0.2, 0) is 6.54 Å². The van der Waals surface area contributed by atoms with Gasteiger partial charge in [0.05, 0.1) is 18.9 Å². The summed E-state index contributed by atoms with van der Waals surface area (Å²) in [4.78, 5) is 4.37. The van der Waals surface area contributed by atoms with Gasteiger partial charge in [0, 0.05) is 25.2 Å². The average Bonchev–Trinajstić information content (AvgIpc) is 2.78. The summed E-state index contributed by atoms with van der Waals surface area (Å²) in [5.41, 5.74) is 2.23. The van der Waals surface area contributed by atoms with Crippen molar-refractivity contribution in [3.63, 3.8) is 0 Å². The molecule has 2 aromatic rings. The van der Waals surface area contributed by atoms with Crippen molar-refractivity contribution in [3.05, 3.63) is 53.9 Å². The third-order valence-electron chi connectivity index (χ3n) is 3.56. The molecule has 1 unspecified atom stereocenters. The van der Waals surface area contributed by atoms with E-state index in [-0.39, 0.29) is 6.04 Å². The maximum atomic E-state index is 5.72. The van der Waals surface area contributed by atoms with E-state index < -0.39 is 0 Å². The second-order valence-electron chi connectivity index (χ2n) is 5.19. The maximum Gasteiger partial charge on any atom is 0.161 e. The molecule has 1 atom stereocenters. The van der Waals surface area contributed by atoms with Gasteiger partial charge in [-0.1, -0.05) is 12.1 Å². The van der Waals surface area contributed by atoms with Crippen LogP contribution in [0.4, 0.5) is 0 Å². The minimum absolute atomic E-state index is 0.210. The van der Waals surface area contributed by atoms with Gasteiger partial charge >= 0.3 is 0 Å². The highest BCUT2D eigenvalue weighted by atomic mass is 16.5. The molecule has 0 saturated carbocycles. The predicted octanol–water partition coefficient (Wildman–Crippen LogP) is 3.09. The molecule has 0 fully saturated rings. The molecule has 0 saturated heterocycles. The molecular formula is C17H20N2O2. The van der Waals surface area contributed by atoms with Gasteiger partial charge in [0.2, 0.25) is 0 Å². The Labute approximate surface area is 125 Å². The van der Waals surface area contributed by atoms with Crippen LogP contribution in [0.1, 0.15) is 30.6 Å². The fourth-order valence-electron chi connectivity index (χ4n) is 2.33. The van der Waals surface area contributed by atoms with Crippen LogP contribution in [-0.4, -0.2) is 18.2 Å². The van der Waals surface area contributed by atoms with Crippen LogP contribution in [0.2, 0.25) is 0 Å². The van der Waals surface area contributed by atoms with Gasteiger partial charge < -0.3 is 14.8 Å². The molecular weight excluding hydrogens is 264 g/mol. The number of benzene rings is 1. The first-order chi connectivity index (χ1) is 10.3. The Morgan fingerprint density at radius 1 is 1.14 bits per heavy atom. The van der Waals surface area contributed by atoms with E-state index in [4.69, 9.17) is 9.47 Å². The summed E-state index contributed by atoms with van der Waals surface area (Å²) in [5.74, 6) is 1.69. The van der Waals surface area contributed by atoms with E-state index in [2.05, 4.69) is 29.4 Å². The van der Waals surface area contributed by atoms with Crippen molar-refractivity contribution in [2.75, 3.05) is 13.2 Å². The van der Waals surface area contributed by atoms with Crippen LogP contribution in [0.5, 0.6) is 11.5 Å². The largest absolute Gasteiger partial charge is 0.490 e. The SMILES string of the molecule is CC(NCc1ccc2c(c1)OCCCO2)c1ccccn1. The fraction of sp³-hybridized carbons (Fsp3) is 0.353. The molecule has 0 bridgehead atoms. The zero-order valence-electron chi connectivity index (χ0n) is 12.2. The average molecular weight is 284 g/mol. The van der Waals surface area contributed by atoms with Crippen LogP contribution < -0.4 is 14.8 Å². The molecule has 1 aliphatic heterocycles. The van der Waals surface area contributed by atoms with Crippen molar-refractivity contribution in [1.82, 2.24) is 10.3 Å². The van der Waals surface area contributed by atoms with Crippen LogP contribution in [0.3, 0.4) is 0 Å². The van der Waals surface area contributed by atoms with E-state index in [0.717, 1.165) is 36.8 Å². The smallest absolute Gasteiger partial charge is 0.161 e. The van der Waals surface area contributed by atoms with Gasteiger partial charge in [-0.3, -0.25) is 4.98 Å². The standard InChI is InChI=1S/C17H20N2O2/c1-13(15-5-2-3-8-18-15)19-12-14-6-7-16-17(11-14)21-10-4-9-20-16/h2-3,5-8,11,13,19H,4,9-10,12H2,1H3. The summed E-state index contributed by atoms with van der Waals surface area (Å²) < 4.78 is 11.4. The van der Waals surface area contributed by atoms with Gasteiger partial charge in [0.15, 0.2) is 11.5 Å². The van der Waals surface area contributed by atoms with E-state index in [0.29, 0.717) is 6.61 Å². The lowest BCUT2D eigenvalue weighted by Gasteiger charge is -2.14. The minimum Gasteiger partial charge on any atom is -0.490 e. The van der Waals surface area contributed by atoms with E-state index >= 15 is 0 Å².